The Balaban J connectivity index is 2.15. The summed E-state index contributed by atoms with van der Waals surface area (Å²) in [4.78, 5) is 0. The molecule has 2 rings (SSSR count). The highest BCUT2D eigenvalue weighted by Gasteiger charge is 1.88. The second-order valence-electron chi connectivity index (χ2n) is 3.30. The maximum Gasteiger partial charge on any atom is 0.0974 e. The smallest absolute Gasteiger partial charge is 0.0974 e. The minimum absolute atomic E-state index is 1.09. The van der Waals surface area contributed by atoms with Gasteiger partial charge in [-0.1, -0.05) is 42.0 Å². The fourth-order valence-corrected chi connectivity index (χ4v) is 1.24. The molecule has 1 nitrogen and oxygen atoms in total. The van der Waals surface area contributed by atoms with E-state index in [9.17, 15) is 0 Å². The summed E-state index contributed by atoms with van der Waals surface area (Å²) in [6, 6.07) is 10.4. The molecule has 0 atom stereocenters. The van der Waals surface area contributed by atoms with E-state index in [2.05, 4.69) is 37.3 Å². The summed E-state index contributed by atoms with van der Waals surface area (Å²) >= 11 is 0. The molecule has 0 saturated carbocycles. The maximum atomic E-state index is 4.97. The molecule has 0 fully saturated rings. The molecule has 0 aliphatic carbocycles. The molecule has 70 valence electrons. The first kappa shape index (κ1) is 8.82. The van der Waals surface area contributed by atoms with Crippen molar-refractivity contribution in [1.82, 2.24) is 0 Å². The molecule has 2 aromatic rings. The SMILES string of the molecule is Cc1ccc(/C=C\c2ccoc2)cc1. The van der Waals surface area contributed by atoms with Crippen LogP contribution in [0.5, 0.6) is 0 Å². The third-order valence-corrected chi connectivity index (χ3v) is 2.09. The number of hydrogen-bond donors (Lipinski definition) is 0. The van der Waals surface area contributed by atoms with Crippen LogP contribution in [0.1, 0.15) is 16.7 Å². The van der Waals surface area contributed by atoms with E-state index < -0.39 is 0 Å². The minimum Gasteiger partial charge on any atom is -0.472 e. The second-order valence-corrected chi connectivity index (χ2v) is 3.30. The van der Waals surface area contributed by atoms with E-state index in [4.69, 9.17) is 4.42 Å². The van der Waals surface area contributed by atoms with E-state index in [0.717, 1.165) is 5.56 Å². The van der Waals surface area contributed by atoms with Gasteiger partial charge in [0, 0.05) is 5.56 Å². The van der Waals surface area contributed by atoms with Crippen LogP contribution in [-0.4, -0.2) is 0 Å². The van der Waals surface area contributed by atoms with Gasteiger partial charge in [-0.2, -0.15) is 0 Å². The summed E-state index contributed by atoms with van der Waals surface area (Å²) in [7, 11) is 0. The van der Waals surface area contributed by atoms with Gasteiger partial charge in [0.15, 0.2) is 0 Å². The fraction of sp³-hybridized carbons (Fsp3) is 0.0769. The third kappa shape index (κ3) is 2.13. The van der Waals surface area contributed by atoms with Crippen LogP contribution in [0.2, 0.25) is 0 Å². The van der Waals surface area contributed by atoms with Gasteiger partial charge >= 0.3 is 0 Å². The van der Waals surface area contributed by atoms with Gasteiger partial charge in [-0.25, -0.2) is 0 Å². The first-order valence-electron chi connectivity index (χ1n) is 4.61. The first-order valence-corrected chi connectivity index (χ1v) is 4.61. The standard InChI is InChI=1S/C13H12O/c1-11-2-4-12(5-3-11)6-7-13-8-9-14-10-13/h2-10H,1H3/b7-6-. The topological polar surface area (TPSA) is 13.1 Å². The Morgan fingerprint density at radius 1 is 0.929 bits per heavy atom. The van der Waals surface area contributed by atoms with Crippen molar-refractivity contribution in [3.63, 3.8) is 0 Å². The Hall–Kier alpha value is -1.76. The molecular formula is C13H12O. The lowest BCUT2D eigenvalue weighted by molar-refractivity contribution is 0.567. The van der Waals surface area contributed by atoms with Gasteiger partial charge in [0.05, 0.1) is 12.5 Å². The molecule has 0 N–H and O–H groups in total. The van der Waals surface area contributed by atoms with Crippen molar-refractivity contribution < 1.29 is 4.42 Å². The Morgan fingerprint density at radius 3 is 2.29 bits per heavy atom. The fourth-order valence-electron chi connectivity index (χ4n) is 1.24. The molecule has 1 aromatic heterocycles. The van der Waals surface area contributed by atoms with Gasteiger partial charge in [-0.05, 0) is 18.6 Å². The largest absolute Gasteiger partial charge is 0.472 e. The predicted molar refractivity (Wildman–Crippen MR) is 58.8 cm³/mol. The lowest BCUT2D eigenvalue weighted by Gasteiger charge is -1.93. The molecule has 1 aromatic carbocycles. The van der Waals surface area contributed by atoms with E-state index >= 15 is 0 Å². The molecule has 0 saturated heterocycles. The van der Waals surface area contributed by atoms with Crippen molar-refractivity contribution in [2.24, 2.45) is 0 Å². The average molecular weight is 184 g/mol. The van der Waals surface area contributed by atoms with Crippen LogP contribution in [0.15, 0.2) is 47.3 Å². The van der Waals surface area contributed by atoms with Crippen LogP contribution < -0.4 is 0 Å². The average Bonchev–Trinajstić information content (AvgIpc) is 2.70. The van der Waals surface area contributed by atoms with Crippen LogP contribution in [0, 0.1) is 6.92 Å². The lowest BCUT2D eigenvalue weighted by atomic mass is 10.1. The summed E-state index contributed by atoms with van der Waals surface area (Å²) in [5, 5.41) is 0. The van der Waals surface area contributed by atoms with Crippen molar-refractivity contribution in [3.05, 3.63) is 59.5 Å². The Morgan fingerprint density at radius 2 is 1.64 bits per heavy atom. The second kappa shape index (κ2) is 3.97. The number of furan rings is 1. The molecular weight excluding hydrogens is 172 g/mol. The van der Waals surface area contributed by atoms with E-state index in [1.165, 1.54) is 11.1 Å². The zero-order valence-corrected chi connectivity index (χ0v) is 8.10. The third-order valence-electron chi connectivity index (χ3n) is 2.09. The monoisotopic (exact) mass is 184 g/mol. The Kier molecular flexibility index (Phi) is 2.50. The zero-order chi connectivity index (χ0) is 9.80. The van der Waals surface area contributed by atoms with Gasteiger partial charge in [0.2, 0.25) is 0 Å². The van der Waals surface area contributed by atoms with Gasteiger partial charge in [0.25, 0.3) is 0 Å². The summed E-state index contributed by atoms with van der Waals surface area (Å²) in [5.74, 6) is 0. The number of hydrogen-bond acceptors (Lipinski definition) is 1. The van der Waals surface area contributed by atoms with E-state index in [0.29, 0.717) is 0 Å². The molecule has 14 heavy (non-hydrogen) atoms. The van der Waals surface area contributed by atoms with Gasteiger partial charge < -0.3 is 4.42 Å². The van der Waals surface area contributed by atoms with Crippen LogP contribution in [0.25, 0.3) is 12.2 Å². The molecule has 0 bridgehead atoms. The highest BCUT2D eigenvalue weighted by atomic mass is 16.3. The van der Waals surface area contributed by atoms with Crippen molar-refractivity contribution in [3.8, 4) is 0 Å². The zero-order valence-electron chi connectivity index (χ0n) is 8.10. The summed E-state index contributed by atoms with van der Waals surface area (Å²) < 4.78 is 4.97. The Bertz CT molecular complexity index is 407. The van der Waals surface area contributed by atoms with Crippen LogP contribution in [0.4, 0.5) is 0 Å². The molecule has 1 heterocycles. The van der Waals surface area contributed by atoms with Gasteiger partial charge in [0.1, 0.15) is 0 Å². The van der Waals surface area contributed by atoms with Crippen LogP contribution in [-0.2, 0) is 0 Å². The molecule has 0 spiro atoms. The van der Waals surface area contributed by atoms with Crippen molar-refractivity contribution in [1.29, 1.82) is 0 Å². The Labute approximate surface area is 83.7 Å². The van der Waals surface area contributed by atoms with Crippen molar-refractivity contribution in [2.75, 3.05) is 0 Å². The quantitative estimate of drug-likeness (QED) is 0.692. The van der Waals surface area contributed by atoms with Crippen molar-refractivity contribution in [2.45, 2.75) is 6.92 Å². The molecule has 0 aliphatic rings. The highest BCUT2D eigenvalue weighted by Crippen LogP contribution is 2.09. The van der Waals surface area contributed by atoms with E-state index in [1.807, 2.05) is 12.1 Å². The number of benzene rings is 1. The van der Waals surface area contributed by atoms with Gasteiger partial charge in [-0.3, -0.25) is 0 Å². The first-order chi connectivity index (χ1) is 6.84. The van der Waals surface area contributed by atoms with Gasteiger partial charge in [-0.15, -0.1) is 0 Å². The summed E-state index contributed by atoms with van der Waals surface area (Å²) in [5.41, 5.74) is 3.58. The molecule has 0 aliphatic heterocycles. The molecule has 0 amide bonds. The molecule has 0 unspecified atom stereocenters. The van der Waals surface area contributed by atoms with Crippen molar-refractivity contribution >= 4 is 12.2 Å². The normalized spacial score (nSPS) is 10.9. The van der Waals surface area contributed by atoms with Crippen LogP contribution in [0.3, 0.4) is 0 Å². The maximum absolute atomic E-state index is 4.97. The summed E-state index contributed by atoms with van der Waals surface area (Å²) in [6.45, 7) is 2.09. The number of rotatable bonds is 2. The predicted octanol–water partition coefficient (Wildman–Crippen LogP) is 3.76. The van der Waals surface area contributed by atoms with Crippen LogP contribution >= 0.6 is 0 Å². The lowest BCUT2D eigenvalue weighted by Crippen LogP contribution is -1.72. The minimum atomic E-state index is 1.09. The molecule has 1 heteroatoms. The van der Waals surface area contributed by atoms with E-state index in [1.54, 1.807) is 12.5 Å². The molecule has 0 radical (unpaired) electrons. The summed E-state index contributed by atoms with van der Waals surface area (Å²) in [6.07, 6.45) is 7.51. The van der Waals surface area contributed by atoms with E-state index in [-0.39, 0.29) is 0 Å². The number of aryl methyl sites for hydroxylation is 1. The highest BCUT2D eigenvalue weighted by molar-refractivity contribution is 5.69.